The average Bonchev–Trinajstić information content (AvgIpc) is 2.79. The monoisotopic (exact) mass is 403 g/mol. The zero-order valence-electron chi connectivity index (χ0n) is 17.0. The first kappa shape index (κ1) is 20.1. The Balaban J connectivity index is 1.60. The molecule has 0 aliphatic carbocycles. The SMILES string of the molecule is COc1ccc(/C=C/C(=O)c2ccc3ccccc3c2O)c(CN2CCOCC2)c1. The molecule has 0 atom stereocenters. The van der Waals surface area contributed by atoms with Crippen molar-refractivity contribution in [3.63, 3.8) is 0 Å². The Morgan fingerprint density at radius 2 is 1.93 bits per heavy atom. The van der Waals surface area contributed by atoms with Crippen molar-refractivity contribution in [1.29, 1.82) is 0 Å². The lowest BCUT2D eigenvalue weighted by molar-refractivity contribution is 0.0341. The van der Waals surface area contributed by atoms with Gasteiger partial charge in [0.15, 0.2) is 5.78 Å². The van der Waals surface area contributed by atoms with Crippen LogP contribution in [-0.2, 0) is 11.3 Å². The average molecular weight is 403 g/mol. The van der Waals surface area contributed by atoms with Gasteiger partial charge in [0.05, 0.1) is 25.9 Å². The molecule has 1 aliphatic heterocycles. The maximum absolute atomic E-state index is 12.8. The molecule has 154 valence electrons. The number of phenols is 1. The van der Waals surface area contributed by atoms with Gasteiger partial charge in [0.2, 0.25) is 0 Å². The first-order valence-corrected chi connectivity index (χ1v) is 10.1. The Morgan fingerprint density at radius 1 is 1.13 bits per heavy atom. The molecule has 0 amide bonds. The van der Waals surface area contributed by atoms with Crippen molar-refractivity contribution in [3.05, 3.63) is 77.4 Å². The molecule has 1 aliphatic rings. The summed E-state index contributed by atoms with van der Waals surface area (Å²) < 4.78 is 10.8. The maximum Gasteiger partial charge on any atom is 0.189 e. The Bertz CT molecular complexity index is 1080. The number of methoxy groups -OCH3 is 1. The highest BCUT2D eigenvalue weighted by molar-refractivity contribution is 6.11. The number of ketones is 1. The molecule has 1 heterocycles. The maximum atomic E-state index is 12.8. The fourth-order valence-electron chi connectivity index (χ4n) is 3.72. The fraction of sp³-hybridized carbons (Fsp3) is 0.240. The third-order valence-electron chi connectivity index (χ3n) is 5.43. The second-order valence-electron chi connectivity index (χ2n) is 7.33. The Labute approximate surface area is 176 Å². The molecule has 0 spiro atoms. The topological polar surface area (TPSA) is 59.0 Å². The van der Waals surface area contributed by atoms with Crippen LogP contribution in [0.15, 0.2) is 60.7 Å². The Kier molecular flexibility index (Phi) is 6.12. The van der Waals surface area contributed by atoms with E-state index in [1.165, 1.54) is 6.08 Å². The summed E-state index contributed by atoms with van der Waals surface area (Å²) >= 11 is 0. The lowest BCUT2D eigenvalue weighted by Crippen LogP contribution is -2.35. The molecule has 1 fully saturated rings. The van der Waals surface area contributed by atoms with Gasteiger partial charge >= 0.3 is 0 Å². The number of hydrogen-bond acceptors (Lipinski definition) is 5. The van der Waals surface area contributed by atoms with Crippen molar-refractivity contribution < 1.29 is 19.4 Å². The molecule has 5 nitrogen and oxygen atoms in total. The number of hydrogen-bond donors (Lipinski definition) is 1. The van der Waals surface area contributed by atoms with E-state index in [-0.39, 0.29) is 11.5 Å². The Hall–Kier alpha value is -3.15. The number of carbonyl (C=O) groups is 1. The number of benzene rings is 3. The third-order valence-corrected chi connectivity index (χ3v) is 5.43. The number of nitrogens with zero attached hydrogens (tertiary/aromatic N) is 1. The van der Waals surface area contributed by atoms with E-state index in [1.54, 1.807) is 13.2 Å². The van der Waals surface area contributed by atoms with Crippen LogP contribution in [-0.4, -0.2) is 49.2 Å². The molecule has 0 saturated carbocycles. The standard InChI is InChI=1S/C25H25NO4/c1-29-21-9-6-18(20(16-21)17-26-12-14-30-15-13-26)8-11-24(27)23-10-7-19-4-2-3-5-22(19)25(23)28/h2-11,16,28H,12-15,17H2,1H3/b11-8+. The van der Waals surface area contributed by atoms with E-state index in [1.807, 2.05) is 54.6 Å². The lowest BCUT2D eigenvalue weighted by Gasteiger charge is -2.27. The van der Waals surface area contributed by atoms with Crippen molar-refractivity contribution in [2.75, 3.05) is 33.4 Å². The molecule has 30 heavy (non-hydrogen) atoms. The van der Waals surface area contributed by atoms with Gasteiger partial charge in [0.1, 0.15) is 11.5 Å². The van der Waals surface area contributed by atoms with Crippen molar-refractivity contribution in [3.8, 4) is 11.5 Å². The molecular weight excluding hydrogens is 378 g/mol. The molecule has 0 unspecified atom stereocenters. The normalized spacial score (nSPS) is 15.0. The molecule has 0 radical (unpaired) electrons. The quantitative estimate of drug-likeness (QED) is 0.492. The van der Waals surface area contributed by atoms with E-state index in [9.17, 15) is 9.90 Å². The third kappa shape index (κ3) is 4.37. The fourth-order valence-corrected chi connectivity index (χ4v) is 3.72. The van der Waals surface area contributed by atoms with Gasteiger partial charge < -0.3 is 14.6 Å². The molecule has 1 saturated heterocycles. The van der Waals surface area contributed by atoms with Crippen LogP contribution in [0.5, 0.6) is 11.5 Å². The summed E-state index contributed by atoms with van der Waals surface area (Å²) in [6.07, 6.45) is 3.33. The molecule has 4 rings (SSSR count). The molecule has 0 aromatic heterocycles. The van der Waals surface area contributed by atoms with Gasteiger partial charge in [0, 0.05) is 25.0 Å². The van der Waals surface area contributed by atoms with Crippen molar-refractivity contribution in [2.24, 2.45) is 0 Å². The van der Waals surface area contributed by atoms with E-state index in [0.29, 0.717) is 10.9 Å². The summed E-state index contributed by atoms with van der Waals surface area (Å²) in [6, 6.07) is 16.9. The first-order chi connectivity index (χ1) is 14.7. The van der Waals surface area contributed by atoms with Gasteiger partial charge in [0.25, 0.3) is 0 Å². The van der Waals surface area contributed by atoms with Crippen molar-refractivity contribution >= 4 is 22.6 Å². The smallest absolute Gasteiger partial charge is 0.189 e. The predicted molar refractivity (Wildman–Crippen MR) is 118 cm³/mol. The minimum atomic E-state index is -0.230. The van der Waals surface area contributed by atoms with E-state index in [2.05, 4.69) is 4.90 Å². The molecule has 1 N–H and O–H groups in total. The van der Waals surface area contributed by atoms with Crippen LogP contribution in [0.3, 0.4) is 0 Å². The van der Waals surface area contributed by atoms with Gasteiger partial charge in [-0.05, 0) is 40.8 Å². The largest absolute Gasteiger partial charge is 0.507 e. The molecular formula is C25H25NO4. The summed E-state index contributed by atoms with van der Waals surface area (Å²) in [4.78, 5) is 15.1. The van der Waals surface area contributed by atoms with Gasteiger partial charge in [-0.25, -0.2) is 0 Å². The Morgan fingerprint density at radius 3 is 2.73 bits per heavy atom. The van der Waals surface area contributed by atoms with Crippen LogP contribution < -0.4 is 4.74 Å². The summed E-state index contributed by atoms with van der Waals surface area (Å²) in [5, 5.41) is 12.1. The van der Waals surface area contributed by atoms with Crippen molar-refractivity contribution in [1.82, 2.24) is 4.90 Å². The zero-order valence-corrected chi connectivity index (χ0v) is 17.0. The molecule has 3 aromatic carbocycles. The van der Waals surface area contributed by atoms with Crippen LogP contribution in [0.1, 0.15) is 21.5 Å². The lowest BCUT2D eigenvalue weighted by atomic mass is 10.0. The minimum absolute atomic E-state index is 0.0195. The number of carbonyl (C=O) groups excluding carboxylic acids is 1. The number of fused-ring (bicyclic) bond motifs is 1. The molecule has 0 bridgehead atoms. The van der Waals surface area contributed by atoms with Gasteiger partial charge in [-0.15, -0.1) is 0 Å². The molecule has 3 aromatic rings. The number of rotatable bonds is 6. The highest BCUT2D eigenvalue weighted by Crippen LogP contribution is 2.29. The number of aromatic hydroxyl groups is 1. The van der Waals surface area contributed by atoms with E-state index in [4.69, 9.17) is 9.47 Å². The first-order valence-electron chi connectivity index (χ1n) is 10.1. The van der Waals surface area contributed by atoms with Crippen LogP contribution >= 0.6 is 0 Å². The summed E-state index contributed by atoms with van der Waals surface area (Å²) in [5.41, 5.74) is 2.34. The van der Waals surface area contributed by atoms with Crippen LogP contribution in [0.2, 0.25) is 0 Å². The van der Waals surface area contributed by atoms with E-state index in [0.717, 1.165) is 55.1 Å². The van der Waals surface area contributed by atoms with Gasteiger partial charge in [-0.1, -0.05) is 42.5 Å². The van der Waals surface area contributed by atoms with Crippen LogP contribution in [0.25, 0.3) is 16.8 Å². The second-order valence-corrected chi connectivity index (χ2v) is 7.33. The number of phenolic OH excluding ortho intramolecular Hbond substituents is 1. The molecule has 5 heteroatoms. The zero-order chi connectivity index (χ0) is 20.9. The predicted octanol–water partition coefficient (Wildman–Crippen LogP) is 4.28. The van der Waals surface area contributed by atoms with Crippen LogP contribution in [0, 0.1) is 0 Å². The van der Waals surface area contributed by atoms with Gasteiger partial charge in [-0.3, -0.25) is 9.69 Å². The summed E-state index contributed by atoms with van der Waals surface area (Å²) in [7, 11) is 1.65. The highest BCUT2D eigenvalue weighted by atomic mass is 16.5. The number of morpholine rings is 1. The van der Waals surface area contributed by atoms with E-state index >= 15 is 0 Å². The second kappa shape index (κ2) is 9.11. The highest BCUT2D eigenvalue weighted by Gasteiger charge is 2.14. The van der Waals surface area contributed by atoms with Gasteiger partial charge in [-0.2, -0.15) is 0 Å². The number of allylic oxidation sites excluding steroid dienone is 1. The van der Waals surface area contributed by atoms with E-state index < -0.39 is 0 Å². The van der Waals surface area contributed by atoms with Crippen molar-refractivity contribution in [2.45, 2.75) is 6.54 Å². The van der Waals surface area contributed by atoms with Crippen LogP contribution in [0.4, 0.5) is 0 Å². The minimum Gasteiger partial charge on any atom is -0.507 e. The summed E-state index contributed by atoms with van der Waals surface area (Å²) in [5.74, 6) is 0.575. The number of ether oxygens (including phenoxy) is 2. The summed E-state index contributed by atoms with van der Waals surface area (Å²) in [6.45, 7) is 3.98.